The molecule has 1 N–H and O–H groups in total. The lowest BCUT2D eigenvalue weighted by molar-refractivity contribution is 0.466. The minimum atomic E-state index is 0.643. The topological polar surface area (TPSA) is 15.3 Å². The minimum absolute atomic E-state index is 0.643. The monoisotopic (exact) mass is 332 g/mol. The fourth-order valence-electron chi connectivity index (χ4n) is 3.97. The van der Waals surface area contributed by atoms with Crippen LogP contribution in [0.3, 0.4) is 0 Å². The predicted molar refractivity (Wildman–Crippen MR) is 106 cm³/mol. The van der Waals surface area contributed by atoms with Crippen molar-refractivity contribution in [3.05, 3.63) is 76.9 Å². The van der Waals surface area contributed by atoms with E-state index < -0.39 is 0 Å². The summed E-state index contributed by atoms with van der Waals surface area (Å²) in [7, 11) is 0. The number of nitrogens with one attached hydrogen (secondary N) is 1. The summed E-state index contributed by atoms with van der Waals surface area (Å²) in [6.45, 7) is 5.37. The SMILES string of the molecule is CC1=CCC(NCc2ccc(CN3CCc4ccccc43)cc2)CC1. The summed E-state index contributed by atoms with van der Waals surface area (Å²) in [6, 6.07) is 18.6. The summed E-state index contributed by atoms with van der Waals surface area (Å²) in [6.07, 6.45) is 7.26. The van der Waals surface area contributed by atoms with Crippen LogP contribution >= 0.6 is 0 Å². The molecule has 130 valence electrons. The molecule has 1 aliphatic heterocycles. The maximum absolute atomic E-state index is 3.71. The van der Waals surface area contributed by atoms with Crippen LogP contribution in [0, 0.1) is 0 Å². The predicted octanol–water partition coefficient (Wildman–Crippen LogP) is 4.84. The summed E-state index contributed by atoms with van der Waals surface area (Å²) >= 11 is 0. The molecule has 0 aromatic heterocycles. The minimum Gasteiger partial charge on any atom is -0.367 e. The van der Waals surface area contributed by atoms with Gasteiger partial charge in [0.15, 0.2) is 0 Å². The molecule has 0 saturated heterocycles. The zero-order valence-corrected chi connectivity index (χ0v) is 15.2. The Balaban J connectivity index is 1.32. The van der Waals surface area contributed by atoms with Gasteiger partial charge in [-0.3, -0.25) is 0 Å². The van der Waals surface area contributed by atoms with E-state index in [1.807, 2.05) is 0 Å². The second kappa shape index (κ2) is 7.45. The molecule has 0 amide bonds. The van der Waals surface area contributed by atoms with Gasteiger partial charge in [0.2, 0.25) is 0 Å². The standard InChI is InChI=1S/C23H28N2/c1-18-6-12-22(13-7-18)24-16-19-8-10-20(11-9-19)17-25-15-14-21-4-2-3-5-23(21)25/h2-6,8-11,22,24H,7,12-17H2,1H3. The van der Waals surface area contributed by atoms with E-state index in [9.17, 15) is 0 Å². The summed E-state index contributed by atoms with van der Waals surface area (Å²) in [5.41, 5.74) is 7.23. The number of fused-ring (bicyclic) bond motifs is 1. The van der Waals surface area contributed by atoms with Crippen molar-refractivity contribution >= 4 is 5.69 Å². The first-order chi connectivity index (χ1) is 12.3. The molecule has 2 aromatic carbocycles. The van der Waals surface area contributed by atoms with Crippen molar-refractivity contribution in [2.24, 2.45) is 0 Å². The van der Waals surface area contributed by atoms with Crippen molar-refractivity contribution in [1.29, 1.82) is 0 Å². The highest BCUT2D eigenvalue weighted by Gasteiger charge is 2.18. The van der Waals surface area contributed by atoms with Crippen molar-refractivity contribution < 1.29 is 0 Å². The Hall–Kier alpha value is -2.06. The maximum Gasteiger partial charge on any atom is 0.0429 e. The Morgan fingerprint density at radius 1 is 1.00 bits per heavy atom. The van der Waals surface area contributed by atoms with Crippen molar-refractivity contribution in [3.63, 3.8) is 0 Å². The molecule has 2 nitrogen and oxygen atoms in total. The molecule has 4 rings (SSSR count). The van der Waals surface area contributed by atoms with Gasteiger partial charge < -0.3 is 10.2 Å². The first kappa shape index (κ1) is 16.4. The molecule has 0 saturated carbocycles. The second-order valence-electron chi connectivity index (χ2n) is 7.52. The Morgan fingerprint density at radius 2 is 1.80 bits per heavy atom. The van der Waals surface area contributed by atoms with E-state index in [2.05, 4.69) is 71.7 Å². The molecule has 1 heterocycles. The second-order valence-corrected chi connectivity index (χ2v) is 7.52. The number of rotatable bonds is 5. The van der Waals surface area contributed by atoms with Gasteiger partial charge in [-0.2, -0.15) is 0 Å². The van der Waals surface area contributed by atoms with Gasteiger partial charge in [0.05, 0.1) is 0 Å². The number of nitrogens with zero attached hydrogens (tertiary/aromatic N) is 1. The van der Waals surface area contributed by atoms with Crippen molar-refractivity contribution in [2.75, 3.05) is 11.4 Å². The van der Waals surface area contributed by atoms with Gasteiger partial charge >= 0.3 is 0 Å². The zero-order chi connectivity index (χ0) is 17.1. The third-order valence-electron chi connectivity index (χ3n) is 5.61. The molecule has 0 fully saturated rings. The normalized spacial score (nSPS) is 19.6. The molecule has 0 bridgehead atoms. The number of hydrogen-bond donors (Lipinski definition) is 1. The third kappa shape index (κ3) is 3.96. The highest BCUT2D eigenvalue weighted by molar-refractivity contribution is 5.58. The lowest BCUT2D eigenvalue weighted by atomic mass is 9.96. The highest BCUT2D eigenvalue weighted by atomic mass is 15.1. The largest absolute Gasteiger partial charge is 0.367 e. The highest BCUT2D eigenvalue weighted by Crippen LogP contribution is 2.28. The van der Waals surface area contributed by atoms with E-state index in [-0.39, 0.29) is 0 Å². The molecule has 1 aliphatic carbocycles. The molecule has 25 heavy (non-hydrogen) atoms. The molecule has 2 aromatic rings. The van der Waals surface area contributed by atoms with E-state index in [0.717, 1.165) is 19.6 Å². The molecule has 1 unspecified atom stereocenters. The van der Waals surface area contributed by atoms with Crippen molar-refractivity contribution in [3.8, 4) is 0 Å². The molecule has 2 heteroatoms. The van der Waals surface area contributed by atoms with Gasteiger partial charge in [-0.1, -0.05) is 54.1 Å². The molecular formula is C23H28N2. The van der Waals surface area contributed by atoms with Crippen LogP contribution in [-0.2, 0) is 19.5 Å². The first-order valence-electron chi connectivity index (χ1n) is 9.57. The van der Waals surface area contributed by atoms with Gasteiger partial charge in [-0.05, 0) is 55.4 Å². The smallest absolute Gasteiger partial charge is 0.0429 e. The van der Waals surface area contributed by atoms with Crippen LogP contribution in [0.25, 0.3) is 0 Å². The van der Waals surface area contributed by atoms with Crippen LogP contribution in [0.5, 0.6) is 0 Å². The number of allylic oxidation sites excluding steroid dienone is 1. The zero-order valence-electron chi connectivity index (χ0n) is 15.2. The van der Waals surface area contributed by atoms with E-state index in [4.69, 9.17) is 0 Å². The van der Waals surface area contributed by atoms with E-state index in [1.54, 1.807) is 5.57 Å². The molecule has 0 radical (unpaired) electrons. The van der Waals surface area contributed by atoms with Crippen molar-refractivity contribution in [1.82, 2.24) is 5.32 Å². The summed E-state index contributed by atoms with van der Waals surface area (Å²) < 4.78 is 0. The number of anilines is 1. The third-order valence-corrected chi connectivity index (χ3v) is 5.61. The van der Waals surface area contributed by atoms with E-state index in [1.165, 1.54) is 48.1 Å². The number of para-hydroxylation sites is 1. The Kier molecular flexibility index (Phi) is 4.89. The van der Waals surface area contributed by atoms with Gasteiger partial charge in [-0.25, -0.2) is 0 Å². The van der Waals surface area contributed by atoms with Crippen LogP contribution in [0.4, 0.5) is 5.69 Å². The summed E-state index contributed by atoms with van der Waals surface area (Å²) in [5, 5.41) is 3.71. The average Bonchev–Trinajstić information content (AvgIpc) is 3.06. The lowest BCUT2D eigenvalue weighted by Gasteiger charge is -2.22. The van der Waals surface area contributed by atoms with Crippen LogP contribution in [0.15, 0.2) is 60.2 Å². The molecule has 2 aliphatic rings. The van der Waals surface area contributed by atoms with E-state index in [0.29, 0.717) is 6.04 Å². The quantitative estimate of drug-likeness (QED) is 0.788. The lowest BCUT2D eigenvalue weighted by Crippen LogP contribution is -2.29. The Morgan fingerprint density at radius 3 is 2.60 bits per heavy atom. The summed E-state index contributed by atoms with van der Waals surface area (Å²) in [4.78, 5) is 2.50. The van der Waals surface area contributed by atoms with Crippen LogP contribution in [0.1, 0.15) is 42.9 Å². The number of benzene rings is 2. The van der Waals surface area contributed by atoms with Gasteiger partial charge in [0.25, 0.3) is 0 Å². The van der Waals surface area contributed by atoms with E-state index >= 15 is 0 Å². The average molecular weight is 332 g/mol. The molecular weight excluding hydrogens is 304 g/mol. The maximum atomic E-state index is 3.71. The van der Waals surface area contributed by atoms with Crippen molar-refractivity contribution in [2.45, 2.75) is 51.7 Å². The summed E-state index contributed by atoms with van der Waals surface area (Å²) in [5.74, 6) is 0. The first-order valence-corrected chi connectivity index (χ1v) is 9.57. The van der Waals surface area contributed by atoms with Crippen LogP contribution in [-0.4, -0.2) is 12.6 Å². The fraction of sp³-hybridized carbons (Fsp3) is 0.391. The molecule has 1 atom stereocenters. The fourth-order valence-corrected chi connectivity index (χ4v) is 3.97. The van der Waals surface area contributed by atoms with Gasteiger partial charge in [0, 0.05) is 31.4 Å². The van der Waals surface area contributed by atoms with Crippen LogP contribution in [0.2, 0.25) is 0 Å². The Bertz CT molecular complexity index is 745. The molecule has 0 spiro atoms. The Labute approximate surface area is 151 Å². The van der Waals surface area contributed by atoms with Gasteiger partial charge in [0.1, 0.15) is 0 Å². The van der Waals surface area contributed by atoms with Gasteiger partial charge in [-0.15, -0.1) is 0 Å². The number of hydrogen-bond acceptors (Lipinski definition) is 2. The van der Waals surface area contributed by atoms with Crippen LogP contribution < -0.4 is 10.2 Å².